The van der Waals surface area contributed by atoms with Crippen molar-refractivity contribution < 1.29 is 9.13 Å². The highest BCUT2D eigenvalue weighted by atomic mass is 19.1. The molecular formula is C16H16FNO. The van der Waals surface area contributed by atoms with E-state index in [1.54, 1.807) is 13.3 Å². The van der Waals surface area contributed by atoms with Crippen molar-refractivity contribution >= 4 is 0 Å². The normalized spacial score (nSPS) is 17.9. The summed E-state index contributed by atoms with van der Waals surface area (Å²) in [5.41, 5.74) is 3.41. The zero-order valence-corrected chi connectivity index (χ0v) is 10.9. The molecule has 3 heteroatoms. The zero-order valence-electron chi connectivity index (χ0n) is 10.9. The molecule has 0 aliphatic heterocycles. The predicted octanol–water partition coefficient (Wildman–Crippen LogP) is 3.70. The quantitative estimate of drug-likeness (QED) is 0.818. The van der Waals surface area contributed by atoms with Gasteiger partial charge in [0.1, 0.15) is 11.6 Å². The summed E-state index contributed by atoms with van der Waals surface area (Å²) in [5, 5.41) is 0. The van der Waals surface area contributed by atoms with Crippen LogP contribution in [0, 0.1) is 5.82 Å². The van der Waals surface area contributed by atoms with Crippen molar-refractivity contribution in [1.29, 1.82) is 0 Å². The summed E-state index contributed by atoms with van der Waals surface area (Å²) < 4.78 is 18.4. The fraction of sp³-hybridized carbons (Fsp3) is 0.312. The van der Waals surface area contributed by atoms with Gasteiger partial charge < -0.3 is 4.74 Å². The van der Waals surface area contributed by atoms with Crippen LogP contribution in [0.3, 0.4) is 0 Å². The minimum absolute atomic E-state index is 0.196. The standard InChI is InChI=1S/C16H16FNO/c1-19-15-9-10-18-16-13(3-2-4-14(15)16)11-5-7-12(17)8-6-11/h5-10,13H,2-4H2,1H3. The molecule has 2 aromatic rings. The van der Waals surface area contributed by atoms with E-state index >= 15 is 0 Å². The molecule has 0 amide bonds. The predicted molar refractivity (Wildman–Crippen MR) is 72.0 cm³/mol. The summed E-state index contributed by atoms with van der Waals surface area (Å²) >= 11 is 0. The fourth-order valence-corrected chi connectivity index (χ4v) is 2.87. The van der Waals surface area contributed by atoms with Crippen LogP contribution in [-0.2, 0) is 6.42 Å². The first-order chi connectivity index (χ1) is 9.29. The van der Waals surface area contributed by atoms with Gasteiger partial charge in [-0.15, -0.1) is 0 Å². The third-order valence-corrected chi connectivity index (χ3v) is 3.79. The van der Waals surface area contributed by atoms with E-state index < -0.39 is 0 Å². The summed E-state index contributed by atoms with van der Waals surface area (Å²) in [4.78, 5) is 4.53. The van der Waals surface area contributed by atoms with Crippen LogP contribution in [-0.4, -0.2) is 12.1 Å². The Morgan fingerprint density at radius 3 is 2.74 bits per heavy atom. The number of hydrogen-bond acceptors (Lipinski definition) is 2. The maximum atomic E-state index is 13.0. The molecule has 3 rings (SSSR count). The van der Waals surface area contributed by atoms with Crippen molar-refractivity contribution in [2.75, 3.05) is 7.11 Å². The zero-order chi connectivity index (χ0) is 13.2. The Morgan fingerprint density at radius 2 is 2.00 bits per heavy atom. The summed E-state index contributed by atoms with van der Waals surface area (Å²) in [6.07, 6.45) is 4.96. The van der Waals surface area contributed by atoms with Crippen LogP contribution in [0.15, 0.2) is 36.5 Å². The van der Waals surface area contributed by atoms with E-state index in [-0.39, 0.29) is 11.7 Å². The number of pyridine rings is 1. The topological polar surface area (TPSA) is 22.1 Å². The van der Waals surface area contributed by atoms with Crippen molar-refractivity contribution in [3.05, 3.63) is 59.2 Å². The summed E-state index contributed by atoms with van der Waals surface area (Å²) in [6, 6.07) is 8.66. The molecule has 0 bridgehead atoms. The van der Waals surface area contributed by atoms with Gasteiger partial charge in [0, 0.05) is 17.7 Å². The Bertz CT molecular complexity index is 580. The second-order valence-electron chi connectivity index (χ2n) is 4.87. The Labute approximate surface area is 112 Å². The number of benzene rings is 1. The van der Waals surface area contributed by atoms with Crippen LogP contribution >= 0.6 is 0 Å². The molecule has 0 N–H and O–H groups in total. The highest BCUT2D eigenvalue weighted by Crippen LogP contribution is 2.38. The van der Waals surface area contributed by atoms with Gasteiger partial charge in [0.15, 0.2) is 0 Å². The monoisotopic (exact) mass is 257 g/mol. The number of rotatable bonds is 2. The average Bonchev–Trinajstić information content (AvgIpc) is 2.47. The van der Waals surface area contributed by atoms with Crippen molar-refractivity contribution in [3.8, 4) is 5.75 Å². The number of aromatic nitrogens is 1. The molecule has 0 saturated carbocycles. The first kappa shape index (κ1) is 12.2. The van der Waals surface area contributed by atoms with E-state index in [0.717, 1.165) is 36.3 Å². The lowest BCUT2D eigenvalue weighted by Crippen LogP contribution is -2.14. The summed E-state index contributed by atoms with van der Waals surface area (Å²) in [6.45, 7) is 0. The molecule has 1 aromatic carbocycles. The molecule has 1 aromatic heterocycles. The van der Waals surface area contributed by atoms with Gasteiger partial charge in [-0.3, -0.25) is 4.98 Å². The molecule has 1 aliphatic carbocycles. The van der Waals surface area contributed by atoms with Gasteiger partial charge in [-0.05, 0) is 43.0 Å². The van der Waals surface area contributed by atoms with Gasteiger partial charge in [-0.2, -0.15) is 0 Å². The average molecular weight is 257 g/mol. The minimum Gasteiger partial charge on any atom is -0.496 e. The highest BCUT2D eigenvalue weighted by molar-refractivity contribution is 5.43. The number of ether oxygens (including phenoxy) is 1. The number of fused-ring (bicyclic) bond motifs is 1. The van der Waals surface area contributed by atoms with E-state index in [1.165, 1.54) is 17.7 Å². The molecule has 0 radical (unpaired) electrons. The lowest BCUT2D eigenvalue weighted by atomic mass is 9.82. The van der Waals surface area contributed by atoms with Gasteiger partial charge >= 0.3 is 0 Å². The minimum atomic E-state index is -0.196. The lowest BCUT2D eigenvalue weighted by Gasteiger charge is -2.26. The largest absolute Gasteiger partial charge is 0.496 e. The van der Waals surface area contributed by atoms with Crippen LogP contribution < -0.4 is 4.74 Å². The molecule has 1 aliphatic rings. The van der Waals surface area contributed by atoms with E-state index in [1.807, 2.05) is 18.2 Å². The Hall–Kier alpha value is -1.90. The molecule has 0 saturated heterocycles. The molecule has 0 fully saturated rings. The Balaban J connectivity index is 2.05. The van der Waals surface area contributed by atoms with Gasteiger partial charge in [0.2, 0.25) is 0 Å². The van der Waals surface area contributed by atoms with E-state index in [9.17, 15) is 4.39 Å². The summed E-state index contributed by atoms with van der Waals surface area (Å²) in [7, 11) is 1.69. The van der Waals surface area contributed by atoms with E-state index in [2.05, 4.69) is 4.98 Å². The van der Waals surface area contributed by atoms with Crippen molar-refractivity contribution in [2.24, 2.45) is 0 Å². The first-order valence-corrected chi connectivity index (χ1v) is 6.57. The van der Waals surface area contributed by atoms with E-state index in [0.29, 0.717) is 0 Å². The lowest BCUT2D eigenvalue weighted by molar-refractivity contribution is 0.403. The fourth-order valence-electron chi connectivity index (χ4n) is 2.87. The van der Waals surface area contributed by atoms with Gasteiger partial charge in [0.25, 0.3) is 0 Å². The third-order valence-electron chi connectivity index (χ3n) is 3.79. The SMILES string of the molecule is COc1ccnc2c1CCCC2c1ccc(F)cc1. The first-order valence-electron chi connectivity index (χ1n) is 6.57. The maximum absolute atomic E-state index is 13.0. The van der Waals surface area contributed by atoms with Crippen molar-refractivity contribution in [1.82, 2.24) is 4.98 Å². The number of nitrogens with zero attached hydrogens (tertiary/aromatic N) is 1. The second-order valence-corrected chi connectivity index (χ2v) is 4.87. The van der Waals surface area contributed by atoms with Crippen LogP contribution in [0.5, 0.6) is 5.75 Å². The van der Waals surface area contributed by atoms with Crippen molar-refractivity contribution in [2.45, 2.75) is 25.2 Å². The number of methoxy groups -OCH3 is 1. The van der Waals surface area contributed by atoms with Gasteiger partial charge in [-0.1, -0.05) is 12.1 Å². The van der Waals surface area contributed by atoms with Crippen LogP contribution in [0.1, 0.15) is 35.6 Å². The molecule has 98 valence electrons. The molecular weight excluding hydrogens is 241 g/mol. The van der Waals surface area contributed by atoms with Crippen LogP contribution in [0.2, 0.25) is 0 Å². The molecule has 1 atom stereocenters. The third kappa shape index (κ3) is 2.21. The van der Waals surface area contributed by atoms with Crippen LogP contribution in [0.25, 0.3) is 0 Å². The van der Waals surface area contributed by atoms with E-state index in [4.69, 9.17) is 4.74 Å². The molecule has 2 nitrogen and oxygen atoms in total. The van der Waals surface area contributed by atoms with Gasteiger partial charge in [0.05, 0.1) is 12.8 Å². The van der Waals surface area contributed by atoms with Crippen LogP contribution in [0.4, 0.5) is 4.39 Å². The number of halogens is 1. The molecule has 1 unspecified atom stereocenters. The molecule has 0 spiro atoms. The molecule has 19 heavy (non-hydrogen) atoms. The Kier molecular flexibility index (Phi) is 3.20. The maximum Gasteiger partial charge on any atom is 0.125 e. The number of hydrogen-bond donors (Lipinski definition) is 0. The van der Waals surface area contributed by atoms with Gasteiger partial charge in [-0.25, -0.2) is 4.39 Å². The molecule has 1 heterocycles. The van der Waals surface area contributed by atoms with Crippen molar-refractivity contribution in [3.63, 3.8) is 0 Å². The Morgan fingerprint density at radius 1 is 1.21 bits per heavy atom. The summed E-state index contributed by atoms with van der Waals surface area (Å²) in [5.74, 6) is 0.967. The highest BCUT2D eigenvalue weighted by Gasteiger charge is 2.25. The smallest absolute Gasteiger partial charge is 0.125 e. The second kappa shape index (κ2) is 5.00.